The Labute approximate surface area is 181 Å². The zero-order chi connectivity index (χ0) is 22.1. The average Bonchev–Trinajstić information content (AvgIpc) is 2.80. The Bertz CT molecular complexity index is 1040. The van der Waals surface area contributed by atoms with E-state index in [2.05, 4.69) is 5.32 Å². The second kappa shape index (κ2) is 10.9. The minimum absolute atomic E-state index is 0.0798. The van der Waals surface area contributed by atoms with E-state index in [1.165, 1.54) is 0 Å². The number of alkyl carbamates (subject to hydrolysis) is 1. The number of Topliss-reactive ketones (excluding diaryl/α,β-unsaturated/α-hetero) is 1. The summed E-state index contributed by atoms with van der Waals surface area (Å²) < 4.78 is 10.2. The van der Waals surface area contributed by atoms with Gasteiger partial charge in [0.05, 0.1) is 6.61 Å². The number of nitrogens with one attached hydrogen (secondary N) is 1. The fourth-order valence-electron chi connectivity index (χ4n) is 3.28. The van der Waals surface area contributed by atoms with E-state index < -0.39 is 18.1 Å². The maximum absolute atomic E-state index is 12.8. The lowest BCUT2D eigenvalue weighted by Gasteiger charge is -2.17. The molecule has 1 atom stereocenters. The Balaban J connectivity index is 1.63. The Morgan fingerprint density at radius 3 is 2.35 bits per heavy atom. The molecule has 0 aliphatic heterocycles. The molecular weight excluding hydrogens is 394 g/mol. The van der Waals surface area contributed by atoms with Crippen molar-refractivity contribution in [2.24, 2.45) is 0 Å². The van der Waals surface area contributed by atoms with Gasteiger partial charge in [-0.2, -0.15) is 0 Å². The van der Waals surface area contributed by atoms with Crippen molar-refractivity contribution < 1.29 is 23.9 Å². The Morgan fingerprint density at radius 1 is 0.871 bits per heavy atom. The minimum atomic E-state index is -0.970. The molecule has 0 aliphatic rings. The van der Waals surface area contributed by atoms with E-state index in [1.54, 1.807) is 13.0 Å². The Kier molecular flexibility index (Phi) is 7.76. The van der Waals surface area contributed by atoms with Gasteiger partial charge in [-0.15, -0.1) is 0 Å². The van der Waals surface area contributed by atoms with Crippen LogP contribution in [0.2, 0.25) is 0 Å². The average molecular weight is 419 g/mol. The molecule has 0 fully saturated rings. The molecule has 0 radical (unpaired) electrons. The predicted molar refractivity (Wildman–Crippen MR) is 118 cm³/mol. The highest BCUT2D eigenvalue weighted by Crippen LogP contribution is 2.20. The van der Waals surface area contributed by atoms with Crippen LogP contribution >= 0.6 is 0 Å². The van der Waals surface area contributed by atoms with Gasteiger partial charge in [0.1, 0.15) is 12.6 Å². The van der Waals surface area contributed by atoms with Crippen LogP contribution < -0.4 is 5.32 Å². The van der Waals surface area contributed by atoms with Crippen LogP contribution in [0.3, 0.4) is 0 Å². The van der Waals surface area contributed by atoms with Crippen LogP contribution in [-0.4, -0.2) is 30.5 Å². The van der Waals surface area contributed by atoms with Crippen molar-refractivity contribution in [3.63, 3.8) is 0 Å². The number of carbonyl (C=O) groups is 3. The maximum Gasteiger partial charge on any atom is 0.408 e. The van der Waals surface area contributed by atoms with Gasteiger partial charge in [0.25, 0.3) is 0 Å². The molecule has 31 heavy (non-hydrogen) atoms. The summed E-state index contributed by atoms with van der Waals surface area (Å²) in [5, 5.41) is 4.36. The predicted octanol–water partition coefficient (Wildman–Crippen LogP) is 4.66. The van der Waals surface area contributed by atoms with Gasteiger partial charge in [-0.05, 0) is 29.7 Å². The molecule has 3 rings (SSSR count). The topological polar surface area (TPSA) is 81.7 Å². The first kappa shape index (κ1) is 22.0. The van der Waals surface area contributed by atoms with Crippen LogP contribution in [0.15, 0.2) is 72.8 Å². The van der Waals surface area contributed by atoms with Gasteiger partial charge in [0.15, 0.2) is 5.78 Å². The smallest absolute Gasteiger partial charge is 0.408 e. The highest BCUT2D eigenvalue weighted by molar-refractivity contribution is 6.08. The van der Waals surface area contributed by atoms with Gasteiger partial charge in [-0.1, -0.05) is 72.8 Å². The molecule has 0 aromatic heterocycles. The standard InChI is InChI=1S/C25H25NO5/c1-2-30-24(28)22(26-25(29)31-17-18-9-4-3-5-10-18)15-16-23(27)21-14-8-12-19-11-6-7-13-20(19)21/h3-14,22H,2,15-17H2,1H3,(H,26,29). The third-order valence-corrected chi connectivity index (χ3v) is 4.83. The molecule has 0 saturated heterocycles. The van der Waals surface area contributed by atoms with Gasteiger partial charge in [0, 0.05) is 12.0 Å². The molecule has 3 aromatic carbocycles. The van der Waals surface area contributed by atoms with Crippen LogP contribution in [0.25, 0.3) is 10.8 Å². The third-order valence-electron chi connectivity index (χ3n) is 4.83. The second-order valence-corrected chi connectivity index (χ2v) is 7.00. The number of amides is 1. The molecule has 0 spiro atoms. The number of esters is 1. The van der Waals surface area contributed by atoms with E-state index in [4.69, 9.17) is 9.47 Å². The molecule has 1 N–H and O–H groups in total. The molecule has 1 unspecified atom stereocenters. The number of rotatable bonds is 9. The molecule has 6 nitrogen and oxygen atoms in total. The van der Waals surface area contributed by atoms with Gasteiger partial charge in [-0.25, -0.2) is 9.59 Å². The van der Waals surface area contributed by atoms with Crippen molar-refractivity contribution in [1.82, 2.24) is 5.32 Å². The number of hydrogen-bond donors (Lipinski definition) is 1. The van der Waals surface area contributed by atoms with E-state index in [1.807, 2.05) is 66.7 Å². The van der Waals surface area contributed by atoms with Gasteiger partial charge >= 0.3 is 12.1 Å². The highest BCUT2D eigenvalue weighted by atomic mass is 16.6. The third kappa shape index (κ3) is 6.15. The summed E-state index contributed by atoms with van der Waals surface area (Å²) >= 11 is 0. The number of ether oxygens (including phenoxy) is 2. The lowest BCUT2D eigenvalue weighted by atomic mass is 9.98. The van der Waals surface area contributed by atoms with Crippen LogP contribution in [0.5, 0.6) is 0 Å². The van der Waals surface area contributed by atoms with Crippen LogP contribution in [-0.2, 0) is 20.9 Å². The van der Waals surface area contributed by atoms with E-state index in [-0.39, 0.29) is 31.8 Å². The molecule has 6 heteroatoms. The maximum atomic E-state index is 12.8. The van der Waals surface area contributed by atoms with Crippen LogP contribution in [0.1, 0.15) is 35.7 Å². The zero-order valence-corrected chi connectivity index (χ0v) is 17.4. The van der Waals surface area contributed by atoms with Crippen LogP contribution in [0, 0.1) is 0 Å². The summed E-state index contributed by atoms with van der Waals surface area (Å²) in [5.74, 6) is -0.699. The molecule has 0 saturated carbocycles. The van der Waals surface area contributed by atoms with E-state index >= 15 is 0 Å². The fraction of sp³-hybridized carbons (Fsp3) is 0.240. The first-order chi connectivity index (χ1) is 15.1. The second-order valence-electron chi connectivity index (χ2n) is 7.00. The molecule has 0 aliphatic carbocycles. The first-order valence-electron chi connectivity index (χ1n) is 10.2. The Hall–Kier alpha value is -3.67. The van der Waals surface area contributed by atoms with E-state index in [9.17, 15) is 14.4 Å². The summed E-state index contributed by atoms with van der Waals surface area (Å²) in [4.78, 5) is 37.4. The number of hydrogen-bond acceptors (Lipinski definition) is 5. The largest absolute Gasteiger partial charge is 0.464 e. The van der Waals surface area contributed by atoms with Crippen molar-refractivity contribution in [3.05, 3.63) is 83.9 Å². The van der Waals surface area contributed by atoms with Crippen molar-refractivity contribution >= 4 is 28.6 Å². The molecule has 160 valence electrons. The SMILES string of the molecule is CCOC(=O)C(CCC(=O)c1cccc2ccccc12)NC(=O)OCc1ccccc1. The van der Waals surface area contributed by atoms with Crippen molar-refractivity contribution in [3.8, 4) is 0 Å². The van der Waals surface area contributed by atoms with Crippen LogP contribution in [0.4, 0.5) is 4.79 Å². The summed E-state index contributed by atoms with van der Waals surface area (Å²) in [6, 6.07) is 21.4. The molecule has 0 heterocycles. The van der Waals surface area contributed by atoms with E-state index in [0.29, 0.717) is 5.56 Å². The first-order valence-corrected chi connectivity index (χ1v) is 10.2. The van der Waals surface area contributed by atoms with Crippen molar-refractivity contribution in [2.45, 2.75) is 32.4 Å². The van der Waals surface area contributed by atoms with Crippen molar-refractivity contribution in [1.29, 1.82) is 0 Å². The molecular formula is C25H25NO5. The monoisotopic (exact) mass is 419 g/mol. The quantitative estimate of drug-likeness (QED) is 0.403. The molecule has 3 aromatic rings. The summed E-state index contributed by atoms with van der Waals surface area (Å²) in [5.41, 5.74) is 1.42. The lowest BCUT2D eigenvalue weighted by Crippen LogP contribution is -2.42. The number of ketones is 1. The summed E-state index contributed by atoms with van der Waals surface area (Å²) in [7, 11) is 0. The van der Waals surface area contributed by atoms with E-state index in [0.717, 1.165) is 16.3 Å². The summed E-state index contributed by atoms with van der Waals surface area (Å²) in [6.07, 6.45) is -0.544. The zero-order valence-electron chi connectivity index (χ0n) is 17.4. The minimum Gasteiger partial charge on any atom is -0.464 e. The Morgan fingerprint density at radius 2 is 1.58 bits per heavy atom. The normalized spacial score (nSPS) is 11.5. The van der Waals surface area contributed by atoms with Gasteiger partial charge in [-0.3, -0.25) is 4.79 Å². The molecule has 1 amide bonds. The highest BCUT2D eigenvalue weighted by Gasteiger charge is 2.24. The number of carbonyl (C=O) groups excluding carboxylic acids is 3. The molecule has 0 bridgehead atoms. The number of benzene rings is 3. The summed E-state index contributed by atoms with van der Waals surface area (Å²) in [6.45, 7) is 1.94. The van der Waals surface area contributed by atoms with Crippen molar-refractivity contribution in [2.75, 3.05) is 6.61 Å². The fourth-order valence-corrected chi connectivity index (χ4v) is 3.28. The van der Waals surface area contributed by atoms with Gasteiger partial charge in [0.2, 0.25) is 0 Å². The lowest BCUT2D eigenvalue weighted by molar-refractivity contribution is -0.145. The number of fused-ring (bicyclic) bond motifs is 1. The van der Waals surface area contributed by atoms with Gasteiger partial charge < -0.3 is 14.8 Å².